The molecule has 1 fully saturated rings. The van der Waals surface area contributed by atoms with Crippen LogP contribution in [0.25, 0.3) is 33.6 Å². The molecule has 1 aromatic carbocycles. The molecule has 264 valence electrons. The van der Waals surface area contributed by atoms with Gasteiger partial charge in [-0.2, -0.15) is 13.2 Å². The van der Waals surface area contributed by atoms with Crippen LogP contribution in [0.15, 0.2) is 30.3 Å². The number of hydrogen-bond acceptors (Lipinski definition) is 7. The number of ether oxygens (including phenoxy) is 2. The van der Waals surface area contributed by atoms with Gasteiger partial charge in [-0.15, -0.1) is 0 Å². The van der Waals surface area contributed by atoms with Crippen molar-refractivity contribution < 1.29 is 32.2 Å². The van der Waals surface area contributed by atoms with Gasteiger partial charge in [-0.25, -0.2) is 9.97 Å². The van der Waals surface area contributed by atoms with Crippen molar-refractivity contribution in [3.63, 3.8) is 0 Å². The van der Waals surface area contributed by atoms with E-state index in [1.54, 1.807) is 44.2 Å². The number of pyridine rings is 1. The molecule has 5 heterocycles. The number of hydrogen-bond donors (Lipinski definition) is 2. The number of amides is 2. The summed E-state index contributed by atoms with van der Waals surface area (Å²) in [4.78, 5) is 38.3. The number of aryl methyl sites for hydroxylation is 2. The molecule has 11 nitrogen and oxygen atoms in total. The predicted octanol–water partition coefficient (Wildman–Crippen LogP) is 5.50. The molecule has 0 radical (unpaired) electrons. The number of methoxy groups -OCH3 is 2. The second-order valence-corrected chi connectivity index (χ2v) is 13.5. The number of alkyl halides is 3. The largest absolute Gasteiger partial charge is 0.494 e. The van der Waals surface area contributed by atoms with Gasteiger partial charge in [-0.05, 0) is 63.4 Å². The van der Waals surface area contributed by atoms with Crippen molar-refractivity contribution in [3.05, 3.63) is 41.6 Å². The first-order chi connectivity index (χ1) is 23.3. The topological polar surface area (TPSA) is 130 Å². The van der Waals surface area contributed by atoms with Gasteiger partial charge in [0.2, 0.25) is 5.91 Å². The molecule has 3 N–H and O–H groups in total. The Morgan fingerprint density at radius 2 is 1.84 bits per heavy atom. The van der Waals surface area contributed by atoms with Gasteiger partial charge in [0.25, 0.3) is 5.91 Å². The standard InChI is InChI=1S/C35H44F3N7O4/c1-20-24-11-10-21-17-26(45(30(21)41-24)14-9-7-6-8-13-34(2,33(47)40-20)35(36,37)38)31-42-25-16-22(18-28(49-5)29(25)43(31)3)32(46)44-15-12-27(48-4)23(39)19-44/h10-11,16-18,20,23,27H,6-9,12-15,19,39H2,1-5H3,(H,40,47)/t20-,23+,27-,34-/m1/s1. The van der Waals surface area contributed by atoms with Crippen LogP contribution < -0.4 is 15.8 Å². The molecule has 0 unspecified atom stereocenters. The maximum atomic E-state index is 14.1. The molecule has 6 rings (SSSR count). The molecule has 2 aliphatic heterocycles. The van der Waals surface area contributed by atoms with Gasteiger partial charge >= 0.3 is 6.18 Å². The van der Waals surface area contributed by atoms with E-state index in [0.29, 0.717) is 79.3 Å². The van der Waals surface area contributed by atoms with Crippen LogP contribution >= 0.6 is 0 Å². The van der Waals surface area contributed by atoms with E-state index in [1.165, 1.54) is 0 Å². The molecule has 49 heavy (non-hydrogen) atoms. The molecule has 4 aromatic rings. The average molecular weight is 684 g/mol. The smallest absolute Gasteiger partial charge is 0.402 e. The lowest BCUT2D eigenvalue weighted by molar-refractivity contribution is -0.219. The number of carbonyl (C=O) groups is 2. The fourth-order valence-electron chi connectivity index (χ4n) is 7.15. The Morgan fingerprint density at radius 1 is 1.08 bits per heavy atom. The number of rotatable bonds is 4. The number of aromatic nitrogens is 4. The number of halogens is 3. The first-order valence-electron chi connectivity index (χ1n) is 16.8. The van der Waals surface area contributed by atoms with Gasteiger partial charge in [-0.3, -0.25) is 9.59 Å². The van der Waals surface area contributed by atoms with E-state index in [1.807, 2.05) is 23.7 Å². The third-order valence-corrected chi connectivity index (χ3v) is 10.3. The van der Waals surface area contributed by atoms with Crippen molar-refractivity contribution in [3.8, 4) is 17.3 Å². The highest BCUT2D eigenvalue weighted by atomic mass is 19.4. The maximum absolute atomic E-state index is 14.1. The average Bonchev–Trinajstić information content (AvgIpc) is 3.60. The third kappa shape index (κ3) is 6.24. The van der Waals surface area contributed by atoms with Crippen molar-refractivity contribution in [2.24, 2.45) is 18.2 Å². The van der Waals surface area contributed by atoms with Crippen LogP contribution in [0, 0.1) is 5.41 Å². The van der Waals surface area contributed by atoms with Crippen molar-refractivity contribution in [2.75, 3.05) is 27.3 Å². The van der Waals surface area contributed by atoms with Crippen LogP contribution in [0.2, 0.25) is 0 Å². The highest BCUT2D eigenvalue weighted by Crippen LogP contribution is 2.43. The van der Waals surface area contributed by atoms with Crippen molar-refractivity contribution >= 4 is 33.9 Å². The Hall–Kier alpha value is -4.17. The molecular weight excluding hydrogens is 639 g/mol. The minimum absolute atomic E-state index is 0.0966. The molecule has 14 heteroatoms. The molecule has 0 saturated carbocycles. The van der Waals surface area contributed by atoms with E-state index >= 15 is 0 Å². The third-order valence-electron chi connectivity index (χ3n) is 10.3. The van der Waals surface area contributed by atoms with Crippen LogP contribution in [0.3, 0.4) is 0 Å². The Kier molecular flexibility index (Phi) is 9.40. The summed E-state index contributed by atoms with van der Waals surface area (Å²) in [5.74, 6) is -0.0561. The molecule has 2 amide bonds. The maximum Gasteiger partial charge on any atom is 0.402 e. The minimum Gasteiger partial charge on any atom is -0.494 e. The van der Waals surface area contributed by atoms with E-state index in [-0.39, 0.29) is 30.9 Å². The molecular formula is C35H44F3N7O4. The molecule has 2 aliphatic rings. The van der Waals surface area contributed by atoms with Crippen molar-refractivity contribution in [2.45, 2.75) is 83.3 Å². The van der Waals surface area contributed by atoms with Gasteiger partial charge < -0.3 is 34.6 Å². The van der Waals surface area contributed by atoms with Crippen LogP contribution in [-0.2, 0) is 23.1 Å². The molecule has 0 aliphatic carbocycles. The summed E-state index contributed by atoms with van der Waals surface area (Å²) in [7, 11) is 5.08. The van der Waals surface area contributed by atoms with E-state index in [2.05, 4.69) is 9.88 Å². The lowest BCUT2D eigenvalue weighted by Gasteiger charge is -2.36. The minimum atomic E-state index is -4.67. The first kappa shape index (κ1) is 34.7. The number of nitrogens with zero attached hydrogens (tertiary/aromatic N) is 5. The van der Waals surface area contributed by atoms with E-state index in [9.17, 15) is 22.8 Å². The Balaban J connectivity index is 1.40. The molecule has 2 bridgehead atoms. The Labute approximate surface area is 282 Å². The number of imidazole rings is 1. The number of likely N-dealkylation sites (tertiary alicyclic amines) is 1. The number of piperidine rings is 1. The van der Waals surface area contributed by atoms with Crippen molar-refractivity contribution in [1.82, 2.24) is 29.3 Å². The van der Waals surface area contributed by atoms with E-state index in [0.717, 1.165) is 23.5 Å². The lowest BCUT2D eigenvalue weighted by Crippen LogP contribution is -2.53. The quantitative estimate of drug-likeness (QED) is 0.291. The van der Waals surface area contributed by atoms with Gasteiger partial charge in [0.05, 0.1) is 36.2 Å². The summed E-state index contributed by atoms with van der Waals surface area (Å²) in [6, 6.07) is 8.07. The number of nitrogens with two attached hydrogens (primary N) is 1. The molecule has 3 aromatic heterocycles. The zero-order chi connectivity index (χ0) is 35.2. The van der Waals surface area contributed by atoms with Crippen LogP contribution in [0.1, 0.15) is 74.5 Å². The zero-order valence-corrected chi connectivity index (χ0v) is 28.6. The van der Waals surface area contributed by atoms with Gasteiger partial charge in [0.15, 0.2) is 5.82 Å². The van der Waals surface area contributed by atoms with Crippen molar-refractivity contribution in [1.29, 1.82) is 0 Å². The zero-order valence-electron chi connectivity index (χ0n) is 28.6. The fourth-order valence-corrected chi connectivity index (χ4v) is 7.15. The molecule has 1 saturated heterocycles. The van der Waals surface area contributed by atoms with E-state index < -0.39 is 23.5 Å². The Morgan fingerprint density at radius 3 is 2.53 bits per heavy atom. The first-order valence-corrected chi connectivity index (χ1v) is 16.8. The number of benzene rings is 1. The van der Waals surface area contributed by atoms with Gasteiger partial charge in [-0.1, -0.05) is 19.3 Å². The predicted molar refractivity (Wildman–Crippen MR) is 179 cm³/mol. The SMILES string of the molecule is COc1cc(C(=O)N2CC[C@@H](OC)[C@@H](N)C2)cc2nc(-c3cc4ccc5nc4n3CCCCCC[C@@](C)(C(F)(F)F)C(=O)N[C@@H]5C)n(C)c12. The van der Waals surface area contributed by atoms with Crippen LogP contribution in [0.5, 0.6) is 5.75 Å². The molecule has 0 spiro atoms. The number of carbonyl (C=O) groups excluding carboxylic acids is 2. The summed E-state index contributed by atoms with van der Waals surface area (Å²) in [5.41, 5.74) is 7.46. The highest BCUT2D eigenvalue weighted by Gasteiger charge is 2.56. The second kappa shape index (κ2) is 13.3. The number of nitrogens with one attached hydrogen (secondary N) is 1. The lowest BCUT2D eigenvalue weighted by atomic mass is 9.82. The normalized spacial score (nSPS) is 24.3. The van der Waals surface area contributed by atoms with Crippen LogP contribution in [-0.4, -0.2) is 81.4 Å². The van der Waals surface area contributed by atoms with Gasteiger partial charge in [0.1, 0.15) is 22.3 Å². The number of fused-ring (bicyclic) bond motifs is 2. The van der Waals surface area contributed by atoms with Gasteiger partial charge in [0, 0.05) is 50.8 Å². The highest BCUT2D eigenvalue weighted by molar-refractivity contribution is 6.00. The Bertz CT molecular complexity index is 1890. The second-order valence-electron chi connectivity index (χ2n) is 13.5. The summed E-state index contributed by atoms with van der Waals surface area (Å²) in [6.07, 6.45) is -2.21. The monoisotopic (exact) mass is 683 g/mol. The van der Waals surface area contributed by atoms with E-state index in [4.69, 9.17) is 25.2 Å². The summed E-state index contributed by atoms with van der Waals surface area (Å²) < 4.78 is 57.6. The summed E-state index contributed by atoms with van der Waals surface area (Å²) in [5, 5.41) is 3.42. The van der Waals surface area contributed by atoms with Crippen LogP contribution in [0.4, 0.5) is 13.2 Å². The molecule has 4 atom stereocenters. The fraction of sp³-hybridized carbons (Fsp3) is 0.543. The summed E-state index contributed by atoms with van der Waals surface area (Å²) in [6.45, 7) is 4.10. The summed E-state index contributed by atoms with van der Waals surface area (Å²) >= 11 is 0.